The van der Waals surface area contributed by atoms with E-state index >= 15 is 0 Å². The summed E-state index contributed by atoms with van der Waals surface area (Å²) < 4.78 is 42.6. The molecular formula is C44H56N2O13. The van der Waals surface area contributed by atoms with Gasteiger partial charge in [-0.3, -0.25) is 24.0 Å². The van der Waals surface area contributed by atoms with Crippen LogP contribution >= 0.6 is 0 Å². The summed E-state index contributed by atoms with van der Waals surface area (Å²) >= 11 is 0. The number of phenolic OH excluding ortho intramolecular Hbond substituents is 1. The Labute approximate surface area is 344 Å². The zero-order valence-electron chi connectivity index (χ0n) is 35.6. The van der Waals surface area contributed by atoms with Gasteiger partial charge in [-0.25, -0.2) is 0 Å². The van der Waals surface area contributed by atoms with Gasteiger partial charge in [0.2, 0.25) is 11.6 Å². The number of nitrogens with zero attached hydrogens (tertiary/aromatic N) is 1. The summed E-state index contributed by atoms with van der Waals surface area (Å²) in [5, 5.41) is 14.2. The number of carbonyl (C=O) groups excluding carboxylic acids is 5. The van der Waals surface area contributed by atoms with Gasteiger partial charge in [-0.15, -0.1) is 0 Å². The Morgan fingerprint density at radius 2 is 1.56 bits per heavy atom. The number of ketones is 3. The fourth-order valence-corrected chi connectivity index (χ4v) is 8.85. The van der Waals surface area contributed by atoms with Crippen LogP contribution in [0.3, 0.4) is 0 Å². The predicted molar refractivity (Wildman–Crippen MR) is 212 cm³/mol. The molecule has 2 saturated heterocycles. The highest BCUT2D eigenvalue weighted by Gasteiger charge is 2.53. The number of ether oxygens (including phenoxy) is 7. The minimum Gasteiger partial charge on any atom is -0.507 e. The lowest BCUT2D eigenvalue weighted by Gasteiger charge is -2.50. The van der Waals surface area contributed by atoms with Gasteiger partial charge in [0, 0.05) is 68.9 Å². The Morgan fingerprint density at radius 3 is 2.20 bits per heavy atom. The Bertz CT molecular complexity index is 2040. The van der Waals surface area contributed by atoms with Crippen molar-refractivity contribution in [1.29, 1.82) is 0 Å². The number of aromatic hydroxyl groups is 1. The molecule has 0 saturated carbocycles. The highest BCUT2D eigenvalue weighted by atomic mass is 16.7. The third kappa shape index (κ3) is 8.09. The summed E-state index contributed by atoms with van der Waals surface area (Å²) in [6.07, 6.45) is 5.85. The molecule has 0 aromatic heterocycles. The number of esters is 1. The average molecular weight is 821 g/mol. The number of allylic oxidation sites excluding steroid dienone is 4. The smallest absolute Gasteiger partial charge is 0.312 e. The van der Waals surface area contributed by atoms with Crippen molar-refractivity contribution >= 4 is 29.2 Å². The van der Waals surface area contributed by atoms with Crippen LogP contribution in [0.1, 0.15) is 99.0 Å². The number of hydrogen-bond donors (Lipinski definition) is 2. The number of methoxy groups -OCH3 is 1. The van der Waals surface area contributed by atoms with Crippen LogP contribution in [0.2, 0.25) is 0 Å². The molecule has 320 valence electrons. The van der Waals surface area contributed by atoms with Crippen LogP contribution in [0, 0.1) is 30.6 Å². The first-order valence-electron chi connectivity index (χ1n) is 20.1. The second-order valence-corrected chi connectivity index (χ2v) is 16.7. The van der Waals surface area contributed by atoms with Crippen molar-refractivity contribution in [2.75, 3.05) is 33.4 Å². The van der Waals surface area contributed by atoms with Gasteiger partial charge < -0.3 is 48.5 Å². The van der Waals surface area contributed by atoms with E-state index in [9.17, 15) is 29.1 Å². The molecule has 9 unspecified atom stereocenters. The first-order chi connectivity index (χ1) is 27.7. The summed E-state index contributed by atoms with van der Waals surface area (Å²) in [4.78, 5) is 71.8. The Morgan fingerprint density at radius 1 is 0.898 bits per heavy atom. The number of hydrogen-bond acceptors (Lipinski definition) is 14. The van der Waals surface area contributed by atoms with E-state index < -0.39 is 76.3 Å². The molecule has 9 atom stereocenters. The first kappa shape index (κ1) is 43.7. The maximum atomic E-state index is 14.7. The lowest BCUT2D eigenvalue weighted by molar-refractivity contribution is -0.336. The topological polar surface area (TPSA) is 185 Å². The van der Waals surface area contributed by atoms with Crippen LogP contribution in [0.4, 0.5) is 0 Å². The van der Waals surface area contributed by atoms with Crippen molar-refractivity contribution in [2.24, 2.45) is 23.7 Å². The molecule has 7 rings (SSSR count). The van der Waals surface area contributed by atoms with Gasteiger partial charge in [-0.2, -0.15) is 0 Å². The summed E-state index contributed by atoms with van der Waals surface area (Å²) in [6, 6.07) is 0. The molecule has 2 fully saturated rings. The second kappa shape index (κ2) is 16.7. The minimum absolute atomic E-state index is 0.0290. The van der Waals surface area contributed by atoms with Gasteiger partial charge in [0.15, 0.2) is 5.79 Å². The van der Waals surface area contributed by atoms with Crippen LogP contribution in [-0.2, 0) is 38.0 Å². The van der Waals surface area contributed by atoms with Crippen LogP contribution in [0.5, 0.6) is 11.5 Å². The molecule has 1 aromatic carbocycles. The highest BCUT2D eigenvalue weighted by molar-refractivity contribution is 6.32. The standard InChI is InChI=1S/C44H56N2O13/c1-21-13-12-14-22(2)42(52)45-32-33(46-16-19-54-20-17-46)36(50)29-30(35(32)49)34(48)24(4)40-31(29)41(51)44(10,59-40)55-18-15-28(53-11)23(3)38(56-27(7)47)26(6)39-25(5)37(21)57-43(8,9)58-39/h12-15,18,21,23,25-26,28,37-39,48H,16-17,19-20H2,1-11H3,(H,45,52)/b13-12+,18-15+,22-14-. The van der Waals surface area contributed by atoms with Crippen molar-refractivity contribution in [1.82, 2.24) is 10.2 Å². The van der Waals surface area contributed by atoms with Crippen molar-refractivity contribution in [3.63, 3.8) is 0 Å². The summed E-state index contributed by atoms with van der Waals surface area (Å²) in [5.74, 6) is -8.45. The van der Waals surface area contributed by atoms with E-state index in [1.165, 1.54) is 34.1 Å². The van der Waals surface area contributed by atoms with Crippen LogP contribution in [-0.4, -0.2) is 109 Å². The number of morpholine rings is 1. The number of benzene rings is 1. The van der Waals surface area contributed by atoms with Crippen molar-refractivity contribution < 1.29 is 62.2 Å². The third-order valence-corrected chi connectivity index (χ3v) is 12.0. The third-order valence-electron chi connectivity index (χ3n) is 12.0. The summed E-state index contributed by atoms with van der Waals surface area (Å²) in [7, 11) is 1.50. The van der Waals surface area contributed by atoms with Crippen molar-refractivity contribution in [2.45, 2.75) is 105 Å². The molecule has 6 aliphatic rings. The number of rotatable bonds is 3. The molecule has 2 N–H and O–H groups in total. The number of nitrogens with one attached hydrogen (secondary N) is 1. The van der Waals surface area contributed by atoms with E-state index in [-0.39, 0.29) is 89.6 Å². The summed E-state index contributed by atoms with van der Waals surface area (Å²) in [6.45, 7) is 18.2. The molecule has 7 bridgehead atoms. The van der Waals surface area contributed by atoms with Crippen molar-refractivity contribution in [3.05, 3.63) is 69.8 Å². The quantitative estimate of drug-likeness (QED) is 0.385. The monoisotopic (exact) mass is 820 g/mol. The fourth-order valence-electron chi connectivity index (χ4n) is 8.85. The van der Waals surface area contributed by atoms with E-state index in [0.717, 1.165) is 0 Å². The maximum Gasteiger partial charge on any atom is 0.312 e. The Kier molecular flexibility index (Phi) is 12.4. The Balaban J connectivity index is 1.50. The zero-order chi connectivity index (χ0) is 43.3. The largest absolute Gasteiger partial charge is 0.507 e. The van der Waals surface area contributed by atoms with Gasteiger partial charge >= 0.3 is 11.8 Å². The molecule has 1 aromatic rings. The molecule has 5 heterocycles. The van der Waals surface area contributed by atoms with E-state index in [4.69, 9.17) is 33.2 Å². The van der Waals surface area contributed by atoms with Gasteiger partial charge in [-0.1, -0.05) is 45.9 Å². The normalized spacial score (nSPS) is 34.6. The van der Waals surface area contributed by atoms with Gasteiger partial charge in [0.05, 0.1) is 54.5 Å². The summed E-state index contributed by atoms with van der Waals surface area (Å²) in [5.41, 5.74) is -1.20. The van der Waals surface area contributed by atoms with Crippen molar-refractivity contribution in [3.8, 4) is 11.5 Å². The second-order valence-electron chi connectivity index (χ2n) is 16.7. The minimum atomic E-state index is -2.04. The Hall–Kier alpha value is -4.83. The average Bonchev–Trinajstić information content (AvgIpc) is 3.45. The molecule has 59 heavy (non-hydrogen) atoms. The van der Waals surface area contributed by atoms with E-state index in [0.29, 0.717) is 0 Å². The molecule has 5 aliphatic heterocycles. The SMILES string of the molecule is COC1/C=C/OC2(C)Oc3c(C)c(O)c4c(c3C2=O)C(=O)C(N2CCOCC2)=C(NC(=O)/C(C)=C\C=C\C(C)C2OC(C)(C)OC(C2C)C(C)C(OC(C)=O)C1C)C4=O. The number of fused-ring (bicyclic) bond motifs is 10. The molecule has 1 amide bonds. The zero-order valence-corrected chi connectivity index (χ0v) is 35.6. The first-order valence-corrected chi connectivity index (χ1v) is 20.1. The number of Topliss-reactive ketones (excluding diaryl/α,β-unsaturated/α-hetero) is 3. The predicted octanol–water partition coefficient (Wildman–Crippen LogP) is 5.09. The number of phenols is 1. The maximum absolute atomic E-state index is 14.7. The van der Waals surface area contributed by atoms with Gasteiger partial charge in [-0.05, 0) is 33.8 Å². The molecular weight excluding hydrogens is 764 g/mol. The van der Waals surface area contributed by atoms with Gasteiger partial charge in [0.25, 0.3) is 11.7 Å². The number of carbonyl (C=O) groups is 5. The van der Waals surface area contributed by atoms with E-state index in [1.807, 2.05) is 47.6 Å². The van der Waals surface area contributed by atoms with Crippen LogP contribution < -0.4 is 10.1 Å². The van der Waals surface area contributed by atoms with E-state index in [1.54, 1.807) is 30.1 Å². The molecule has 0 spiro atoms. The highest BCUT2D eigenvalue weighted by Crippen LogP contribution is 2.49. The lowest BCUT2D eigenvalue weighted by atomic mass is 9.77. The van der Waals surface area contributed by atoms with E-state index in [2.05, 4.69) is 5.32 Å². The number of amides is 1. The fraction of sp³-hybridized carbons (Fsp3) is 0.568. The lowest BCUT2D eigenvalue weighted by Crippen LogP contribution is -2.56. The van der Waals surface area contributed by atoms with Crippen LogP contribution in [0.25, 0.3) is 0 Å². The molecule has 0 radical (unpaired) electrons. The van der Waals surface area contributed by atoms with Crippen LogP contribution in [0.15, 0.2) is 47.5 Å². The van der Waals surface area contributed by atoms with Gasteiger partial charge in [0.1, 0.15) is 29.0 Å². The molecule has 1 aliphatic carbocycles. The molecule has 15 nitrogen and oxygen atoms in total. The molecule has 15 heteroatoms.